The average Bonchev–Trinajstić information content (AvgIpc) is 2.56. The number of sulfonamides is 1. The van der Waals surface area contributed by atoms with Gasteiger partial charge in [0.25, 0.3) is 0 Å². The highest BCUT2D eigenvalue weighted by atomic mass is 32.2. The van der Waals surface area contributed by atoms with Crippen LogP contribution in [0.4, 0.5) is 5.69 Å². The van der Waals surface area contributed by atoms with E-state index in [1.807, 2.05) is 0 Å². The lowest BCUT2D eigenvalue weighted by atomic mass is 10.2. The van der Waals surface area contributed by atoms with Crippen molar-refractivity contribution in [2.75, 3.05) is 25.5 Å². The first kappa shape index (κ1) is 17.5. The van der Waals surface area contributed by atoms with Crippen LogP contribution in [0.1, 0.15) is 26.2 Å². The summed E-state index contributed by atoms with van der Waals surface area (Å²) in [6, 6.07) is 4.63. The lowest BCUT2D eigenvalue weighted by molar-refractivity contribution is -0.111. The lowest BCUT2D eigenvalue weighted by Gasteiger charge is -2.26. The van der Waals surface area contributed by atoms with Gasteiger partial charge < -0.3 is 10.1 Å². The van der Waals surface area contributed by atoms with Crippen molar-refractivity contribution in [3.8, 4) is 5.75 Å². The molecule has 1 heterocycles. The second-order valence-electron chi connectivity index (χ2n) is 5.32. The van der Waals surface area contributed by atoms with Crippen LogP contribution in [-0.2, 0) is 14.8 Å². The number of anilines is 1. The maximum Gasteiger partial charge on any atom is 0.248 e. The number of benzene rings is 1. The largest absolute Gasteiger partial charge is 0.495 e. The molecule has 7 heteroatoms. The number of hydrogen-bond acceptors (Lipinski definition) is 4. The highest BCUT2D eigenvalue weighted by Crippen LogP contribution is 2.31. The van der Waals surface area contributed by atoms with Crippen molar-refractivity contribution < 1.29 is 17.9 Å². The number of amides is 1. The van der Waals surface area contributed by atoms with Crippen LogP contribution in [-0.4, -0.2) is 38.8 Å². The Morgan fingerprint density at radius 2 is 1.96 bits per heavy atom. The number of rotatable bonds is 5. The van der Waals surface area contributed by atoms with Gasteiger partial charge in [0.2, 0.25) is 15.9 Å². The summed E-state index contributed by atoms with van der Waals surface area (Å²) in [5.41, 5.74) is 0.421. The van der Waals surface area contributed by atoms with Gasteiger partial charge in [-0.2, -0.15) is 4.31 Å². The van der Waals surface area contributed by atoms with Crippen molar-refractivity contribution in [1.82, 2.24) is 4.31 Å². The molecule has 1 saturated heterocycles. The summed E-state index contributed by atoms with van der Waals surface area (Å²) in [5.74, 6) is -0.0291. The van der Waals surface area contributed by atoms with Gasteiger partial charge in [0.15, 0.2) is 0 Å². The minimum atomic E-state index is -3.64. The van der Waals surface area contributed by atoms with Crippen molar-refractivity contribution in [2.45, 2.75) is 31.1 Å². The molecule has 1 aromatic rings. The number of nitrogens with zero attached hydrogens (tertiary/aromatic N) is 1. The third kappa shape index (κ3) is 4.11. The molecule has 0 atom stereocenters. The van der Waals surface area contributed by atoms with E-state index in [0.29, 0.717) is 18.8 Å². The number of allylic oxidation sites excluding steroid dienone is 1. The number of ether oxygens (including phenoxy) is 1. The summed E-state index contributed by atoms with van der Waals surface area (Å²) in [7, 11) is -2.20. The van der Waals surface area contributed by atoms with Crippen LogP contribution >= 0.6 is 0 Å². The fourth-order valence-electron chi connectivity index (χ4n) is 2.54. The first-order chi connectivity index (χ1) is 11.0. The van der Waals surface area contributed by atoms with Crippen LogP contribution in [0.15, 0.2) is 35.2 Å². The van der Waals surface area contributed by atoms with Gasteiger partial charge in [-0.1, -0.05) is 12.5 Å². The van der Waals surface area contributed by atoms with Crippen molar-refractivity contribution in [1.29, 1.82) is 0 Å². The maximum absolute atomic E-state index is 12.8. The molecule has 1 aliphatic heterocycles. The Morgan fingerprint density at radius 1 is 1.26 bits per heavy atom. The number of carbonyl (C=O) groups is 1. The molecule has 1 amide bonds. The Hall–Kier alpha value is -1.86. The molecule has 1 N–H and O–H groups in total. The summed E-state index contributed by atoms with van der Waals surface area (Å²) in [5, 5.41) is 2.65. The quantitative estimate of drug-likeness (QED) is 0.837. The Kier molecular flexibility index (Phi) is 5.79. The SMILES string of the molecule is C/C=C/C(=O)Nc1ccc(OC)c(S(=O)(=O)N2CCCCC2)c1. The van der Waals surface area contributed by atoms with Crippen molar-refractivity contribution in [2.24, 2.45) is 0 Å². The van der Waals surface area contributed by atoms with E-state index in [2.05, 4.69) is 5.32 Å². The van der Waals surface area contributed by atoms with Crippen LogP contribution in [0.25, 0.3) is 0 Å². The van der Waals surface area contributed by atoms with E-state index in [4.69, 9.17) is 4.74 Å². The van der Waals surface area contributed by atoms with Gasteiger partial charge in [0.1, 0.15) is 10.6 Å². The number of nitrogens with one attached hydrogen (secondary N) is 1. The first-order valence-electron chi connectivity index (χ1n) is 7.61. The van der Waals surface area contributed by atoms with Crippen LogP contribution < -0.4 is 10.1 Å². The number of carbonyl (C=O) groups excluding carboxylic acids is 1. The third-order valence-electron chi connectivity index (χ3n) is 3.68. The molecule has 0 radical (unpaired) electrons. The third-order valence-corrected chi connectivity index (χ3v) is 5.60. The Morgan fingerprint density at radius 3 is 2.57 bits per heavy atom. The molecular weight excluding hydrogens is 316 g/mol. The molecular formula is C16H22N2O4S. The van der Waals surface area contributed by atoms with Gasteiger partial charge >= 0.3 is 0 Å². The topological polar surface area (TPSA) is 75.7 Å². The second kappa shape index (κ2) is 7.61. The molecule has 1 fully saturated rings. The average molecular weight is 338 g/mol. The molecule has 2 rings (SSSR count). The lowest BCUT2D eigenvalue weighted by Crippen LogP contribution is -2.35. The van der Waals surface area contributed by atoms with Crippen LogP contribution in [0.2, 0.25) is 0 Å². The van der Waals surface area contributed by atoms with E-state index in [1.165, 1.54) is 23.6 Å². The standard InChI is InChI=1S/C16H22N2O4S/c1-3-7-16(19)17-13-8-9-14(22-2)15(12-13)23(20,21)18-10-5-4-6-11-18/h3,7-9,12H,4-6,10-11H2,1-2H3,(H,17,19)/b7-3+. The Labute approximate surface area is 137 Å². The van der Waals surface area contributed by atoms with Crippen molar-refractivity contribution >= 4 is 21.6 Å². The summed E-state index contributed by atoms with van der Waals surface area (Å²) in [6.45, 7) is 2.77. The van der Waals surface area contributed by atoms with Gasteiger partial charge in [-0.25, -0.2) is 8.42 Å². The highest BCUT2D eigenvalue weighted by molar-refractivity contribution is 7.89. The van der Waals surface area contributed by atoms with E-state index in [1.54, 1.807) is 25.1 Å². The first-order valence-corrected chi connectivity index (χ1v) is 9.05. The Bertz CT molecular complexity index is 692. The molecule has 0 aliphatic carbocycles. The molecule has 23 heavy (non-hydrogen) atoms. The van der Waals surface area contributed by atoms with E-state index < -0.39 is 10.0 Å². The zero-order chi connectivity index (χ0) is 16.9. The van der Waals surface area contributed by atoms with E-state index in [-0.39, 0.29) is 16.6 Å². The fourth-order valence-corrected chi connectivity index (χ4v) is 4.23. The minimum absolute atomic E-state index is 0.0835. The summed E-state index contributed by atoms with van der Waals surface area (Å²) in [4.78, 5) is 11.7. The smallest absolute Gasteiger partial charge is 0.248 e. The van der Waals surface area contributed by atoms with Gasteiger partial charge in [0.05, 0.1) is 7.11 Å². The highest BCUT2D eigenvalue weighted by Gasteiger charge is 2.29. The van der Waals surface area contributed by atoms with Gasteiger partial charge in [-0.05, 0) is 44.0 Å². The predicted molar refractivity (Wildman–Crippen MR) is 89.0 cm³/mol. The summed E-state index contributed by atoms with van der Waals surface area (Å²) >= 11 is 0. The van der Waals surface area contributed by atoms with Crippen molar-refractivity contribution in [3.63, 3.8) is 0 Å². The predicted octanol–water partition coefficient (Wildman–Crippen LogP) is 2.38. The van der Waals surface area contributed by atoms with Crippen molar-refractivity contribution in [3.05, 3.63) is 30.4 Å². The zero-order valence-corrected chi connectivity index (χ0v) is 14.2. The van der Waals surface area contributed by atoms with E-state index in [9.17, 15) is 13.2 Å². The molecule has 0 unspecified atom stereocenters. The number of piperidine rings is 1. The molecule has 1 aliphatic rings. The van der Waals surface area contributed by atoms with E-state index in [0.717, 1.165) is 19.3 Å². The number of hydrogen-bond donors (Lipinski definition) is 1. The van der Waals surface area contributed by atoms with Gasteiger partial charge in [0, 0.05) is 18.8 Å². The minimum Gasteiger partial charge on any atom is -0.495 e. The number of methoxy groups -OCH3 is 1. The normalized spacial score (nSPS) is 16.4. The molecule has 1 aromatic carbocycles. The monoisotopic (exact) mass is 338 g/mol. The summed E-state index contributed by atoms with van der Waals surface area (Å²) in [6.07, 6.45) is 5.76. The molecule has 0 saturated carbocycles. The molecule has 0 spiro atoms. The van der Waals surface area contributed by atoms with Crippen LogP contribution in [0, 0.1) is 0 Å². The van der Waals surface area contributed by atoms with Gasteiger partial charge in [-0.3, -0.25) is 4.79 Å². The fraction of sp³-hybridized carbons (Fsp3) is 0.438. The van der Waals surface area contributed by atoms with E-state index >= 15 is 0 Å². The second-order valence-corrected chi connectivity index (χ2v) is 7.23. The maximum atomic E-state index is 12.8. The summed E-state index contributed by atoms with van der Waals surface area (Å²) < 4.78 is 32.4. The molecule has 6 nitrogen and oxygen atoms in total. The van der Waals surface area contributed by atoms with Crippen LogP contribution in [0.5, 0.6) is 5.75 Å². The zero-order valence-electron chi connectivity index (χ0n) is 13.4. The molecule has 0 aromatic heterocycles. The Balaban J connectivity index is 2.36. The van der Waals surface area contributed by atoms with Crippen LogP contribution in [0.3, 0.4) is 0 Å². The molecule has 126 valence electrons. The van der Waals surface area contributed by atoms with Gasteiger partial charge in [-0.15, -0.1) is 0 Å². The molecule has 0 bridgehead atoms.